The van der Waals surface area contributed by atoms with E-state index in [1.165, 1.54) is 5.56 Å². The molecule has 0 aliphatic carbocycles. The second-order valence-corrected chi connectivity index (χ2v) is 6.72. The monoisotopic (exact) mass is 349 g/mol. The number of fused-ring (bicyclic) bond motifs is 1. The van der Waals surface area contributed by atoms with Crippen LogP contribution in [0, 0.1) is 0 Å². The minimum atomic E-state index is 0.0743. The average Bonchev–Trinajstić information content (AvgIpc) is 3.10. The molecule has 0 N–H and O–H groups in total. The molecule has 1 aliphatic heterocycles. The Kier molecular flexibility index (Phi) is 4.97. The van der Waals surface area contributed by atoms with E-state index in [0.717, 1.165) is 17.8 Å². The van der Waals surface area contributed by atoms with Gasteiger partial charge in [0.2, 0.25) is 5.91 Å². The number of imidazole rings is 1. The van der Waals surface area contributed by atoms with Crippen molar-refractivity contribution >= 4 is 11.6 Å². The molecule has 5 nitrogen and oxygen atoms in total. The standard InChI is InChI=1S/C21H23N3O2/c25-21(10-9-18-15-23-11-5-4-8-20(23)22-18)24-12-13-26-19(16-24)14-17-6-2-1-3-7-17/h1-8,11,15,19H,9-10,12-14,16H2. The Hall–Kier alpha value is -2.66. The van der Waals surface area contributed by atoms with Crippen LogP contribution in [0.1, 0.15) is 17.7 Å². The Morgan fingerprint density at radius 2 is 2.00 bits per heavy atom. The maximum Gasteiger partial charge on any atom is 0.223 e. The van der Waals surface area contributed by atoms with Gasteiger partial charge in [-0.2, -0.15) is 0 Å². The van der Waals surface area contributed by atoms with Crippen LogP contribution in [0.5, 0.6) is 0 Å². The number of hydrogen-bond donors (Lipinski definition) is 0. The average molecular weight is 349 g/mol. The van der Waals surface area contributed by atoms with E-state index < -0.39 is 0 Å². The lowest BCUT2D eigenvalue weighted by Crippen LogP contribution is -2.46. The maximum atomic E-state index is 12.6. The van der Waals surface area contributed by atoms with E-state index in [2.05, 4.69) is 17.1 Å². The Morgan fingerprint density at radius 3 is 2.85 bits per heavy atom. The SMILES string of the molecule is O=C(CCc1cn2ccccc2n1)N1CCOC(Cc2ccccc2)C1. The number of rotatable bonds is 5. The van der Waals surface area contributed by atoms with Crippen LogP contribution in [0.15, 0.2) is 60.9 Å². The van der Waals surface area contributed by atoms with Gasteiger partial charge >= 0.3 is 0 Å². The fourth-order valence-corrected chi connectivity index (χ4v) is 3.45. The van der Waals surface area contributed by atoms with Crippen LogP contribution in [0.4, 0.5) is 0 Å². The highest BCUT2D eigenvalue weighted by Gasteiger charge is 2.24. The lowest BCUT2D eigenvalue weighted by molar-refractivity contribution is -0.138. The van der Waals surface area contributed by atoms with E-state index in [0.29, 0.717) is 32.5 Å². The number of amides is 1. The Bertz CT molecular complexity index is 842. The Morgan fingerprint density at radius 1 is 1.15 bits per heavy atom. The van der Waals surface area contributed by atoms with Crippen molar-refractivity contribution in [1.82, 2.24) is 14.3 Å². The first-order chi connectivity index (χ1) is 12.8. The van der Waals surface area contributed by atoms with Gasteiger partial charge in [-0.3, -0.25) is 4.79 Å². The van der Waals surface area contributed by atoms with E-state index in [4.69, 9.17) is 4.74 Å². The molecule has 3 heterocycles. The minimum absolute atomic E-state index is 0.0743. The normalized spacial score (nSPS) is 17.5. The first-order valence-electron chi connectivity index (χ1n) is 9.14. The van der Waals surface area contributed by atoms with Gasteiger partial charge in [-0.25, -0.2) is 4.98 Å². The summed E-state index contributed by atoms with van der Waals surface area (Å²) >= 11 is 0. The van der Waals surface area contributed by atoms with Gasteiger partial charge in [0.1, 0.15) is 5.65 Å². The predicted octanol–water partition coefficient (Wildman–Crippen LogP) is 2.74. The topological polar surface area (TPSA) is 46.8 Å². The highest BCUT2D eigenvalue weighted by Crippen LogP contribution is 2.14. The van der Waals surface area contributed by atoms with Crippen LogP contribution >= 0.6 is 0 Å². The van der Waals surface area contributed by atoms with Crippen molar-refractivity contribution in [3.8, 4) is 0 Å². The van der Waals surface area contributed by atoms with Gasteiger partial charge in [0.05, 0.1) is 18.4 Å². The van der Waals surface area contributed by atoms with Gasteiger partial charge in [-0.1, -0.05) is 36.4 Å². The van der Waals surface area contributed by atoms with Gasteiger partial charge in [-0.05, 0) is 24.1 Å². The number of nitrogens with zero attached hydrogens (tertiary/aromatic N) is 3. The molecule has 3 aromatic rings. The smallest absolute Gasteiger partial charge is 0.223 e. The van der Waals surface area contributed by atoms with Crippen LogP contribution in [0.25, 0.3) is 5.65 Å². The molecule has 134 valence electrons. The summed E-state index contributed by atoms with van der Waals surface area (Å²) in [6.07, 6.45) is 6.05. The molecule has 0 spiro atoms. The Balaban J connectivity index is 1.32. The predicted molar refractivity (Wildman–Crippen MR) is 100.0 cm³/mol. The van der Waals surface area contributed by atoms with E-state index in [-0.39, 0.29) is 12.0 Å². The number of carbonyl (C=O) groups is 1. The van der Waals surface area contributed by atoms with Crippen LogP contribution < -0.4 is 0 Å². The third-order valence-electron chi connectivity index (χ3n) is 4.81. The second kappa shape index (κ2) is 7.70. The van der Waals surface area contributed by atoms with E-state index >= 15 is 0 Å². The molecule has 1 aromatic carbocycles. The molecule has 0 bridgehead atoms. The number of aromatic nitrogens is 2. The maximum absolute atomic E-state index is 12.6. The van der Waals surface area contributed by atoms with Gasteiger partial charge in [0.25, 0.3) is 0 Å². The molecule has 4 rings (SSSR count). The summed E-state index contributed by atoms with van der Waals surface area (Å²) < 4.78 is 7.85. The van der Waals surface area contributed by atoms with Gasteiger partial charge < -0.3 is 14.0 Å². The summed E-state index contributed by atoms with van der Waals surface area (Å²) in [5, 5.41) is 0. The Labute approximate surface area is 153 Å². The van der Waals surface area contributed by atoms with Crippen LogP contribution in [-0.2, 0) is 22.4 Å². The lowest BCUT2D eigenvalue weighted by Gasteiger charge is -2.33. The van der Waals surface area contributed by atoms with E-state index in [9.17, 15) is 4.79 Å². The summed E-state index contributed by atoms with van der Waals surface area (Å²) in [5.41, 5.74) is 3.12. The number of ether oxygens (including phenoxy) is 1. The zero-order valence-electron chi connectivity index (χ0n) is 14.8. The molecule has 0 radical (unpaired) electrons. The van der Waals surface area contributed by atoms with Crippen molar-refractivity contribution in [3.05, 3.63) is 72.2 Å². The molecule has 5 heteroatoms. The number of hydrogen-bond acceptors (Lipinski definition) is 3. The molecule has 1 unspecified atom stereocenters. The molecule has 0 saturated carbocycles. The molecule has 1 amide bonds. The van der Waals surface area contributed by atoms with Crippen LogP contribution in [0.3, 0.4) is 0 Å². The van der Waals surface area contributed by atoms with Gasteiger partial charge in [0.15, 0.2) is 0 Å². The number of pyridine rings is 1. The zero-order valence-corrected chi connectivity index (χ0v) is 14.8. The minimum Gasteiger partial charge on any atom is -0.374 e. The molecule has 1 aliphatic rings. The fraction of sp³-hybridized carbons (Fsp3) is 0.333. The molecular formula is C21H23N3O2. The number of morpholine rings is 1. The summed E-state index contributed by atoms with van der Waals surface area (Å²) in [5.74, 6) is 0.184. The van der Waals surface area contributed by atoms with E-state index in [1.807, 2.05) is 58.1 Å². The highest BCUT2D eigenvalue weighted by molar-refractivity contribution is 5.76. The van der Waals surface area contributed by atoms with Crippen LogP contribution in [0.2, 0.25) is 0 Å². The molecule has 1 fully saturated rings. The largest absolute Gasteiger partial charge is 0.374 e. The van der Waals surface area contributed by atoms with Crippen molar-refractivity contribution in [2.75, 3.05) is 19.7 Å². The third-order valence-corrected chi connectivity index (χ3v) is 4.81. The molecule has 2 aromatic heterocycles. The number of benzene rings is 1. The van der Waals surface area contributed by atoms with Gasteiger partial charge in [-0.15, -0.1) is 0 Å². The molecule has 1 saturated heterocycles. The fourth-order valence-electron chi connectivity index (χ4n) is 3.45. The van der Waals surface area contributed by atoms with Crippen LogP contribution in [-0.4, -0.2) is 46.0 Å². The second-order valence-electron chi connectivity index (χ2n) is 6.72. The lowest BCUT2D eigenvalue weighted by atomic mass is 10.1. The summed E-state index contributed by atoms with van der Waals surface area (Å²) in [4.78, 5) is 19.1. The third kappa shape index (κ3) is 3.94. The summed E-state index contributed by atoms with van der Waals surface area (Å²) in [7, 11) is 0. The highest BCUT2D eigenvalue weighted by atomic mass is 16.5. The number of carbonyl (C=O) groups excluding carboxylic acids is 1. The van der Waals surface area contributed by atoms with Gasteiger partial charge in [0, 0.05) is 38.3 Å². The molecule has 26 heavy (non-hydrogen) atoms. The van der Waals surface area contributed by atoms with Crippen molar-refractivity contribution in [2.24, 2.45) is 0 Å². The van der Waals surface area contributed by atoms with E-state index in [1.54, 1.807) is 0 Å². The van der Waals surface area contributed by atoms with Crippen molar-refractivity contribution in [2.45, 2.75) is 25.4 Å². The summed E-state index contributed by atoms with van der Waals surface area (Å²) in [6, 6.07) is 16.2. The summed E-state index contributed by atoms with van der Waals surface area (Å²) in [6.45, 7) is 1.95. The van der Waals surface area contributed by atoms with Crippen molar-refractivity contribution in [1.29, 1.82) is 0 Å². The molecular weight excluding hydrogens is 326 g/mol. The van der Waals surface area contributed by atoms with Crippen molar-refractivity contribution < 1.29 is 9.53 Å². The zero-order chi connectivity index (χ0) is 17.8. The quantitative estimate of drug-likeness (QED) is 0.712. The first-order valence-corrected chi connectivity index (χ1v) is 9.14. The van der Waals surface area contributed by atoms with Crippen molar-refractivity contribution in [3.63, 3.8) is 0 Å². The number of aryl methyl sites for hydroxylation is 1. The first kappa shape index (κ1) is 16.8. The molecule has 1 atom stereocenters.